The number of hydrogen-bond donors (Lipinski definition) is 2. The van der Waals surface area contributed by atoms with Gasteiger partial charge in [-0.3, -0.25) is 9.59 Å². The highest BCUT2D eigenvalue weighted by molar-refractivity contribution is 9.10. The van der Waals surface area contributed by atoms with Crippen molar-refractivity contribution in [1.29, 1.82) is 0 Å². The Morgan fingerprint density at radius 2 is 2.21 bits per heavy atom. The van der Waals surface area contributed by atoms with Gasteiger partial charge >= 0.3 is 6.09 Å². The molecule has 0 aromatic heterocycles. The minimum Gasteiger partial charge on any atom is -0.465 e. The molecule has 1 aromatic carbocycles. The largest absolute Gasteiger partial charge is 0.465 e. The first-order valence-electron chi connectivity index (χ1n) is 7.79. The van der Waals surface area contributed by atoms with Crippen LogP contribution in [0.1, 0.15) is 28.8 Å². The number of carboxylic acid groups (broad SMARTS) is 1. The van der Waals surface area contributed by atoms with Gasteiger partial charge in [0.2, 0.25) is 5.91 Å². The van der Waals surface area contributed by atoms with Crippen molar-refractivity contribution in [2.24, 2.45) is 0 Å². The number of amides is 3. The quantitative estimate of drug-likeness (QED) is 0.793. The van der Waals surface area contributed by atoms with Gasteiger partial charge < -0.3 is 20.2 Å². The summed E-state index contributed by atoms with van der Waals surface area (Å²) in [6.07, 6.45) is 0.0422. The summed E-state index contributed by atoms with van der Waals surface area (Å²) >= 11 is 3.39. The van der Waals surface area contributed by atoms with Crippen LogP contribution in [-0.2, 0) is 11.3 Å². The van der Waals surface area contributed by atoms with Crippen molar-refractivity contribution < 1.29 is 19.5 Å². The predicted octanol–water partition coefficient (Wildman–Crippen LogP) is 1.66. The van der Waals surface area contributed by atoms with E-state index in [1.165, 1.54) is 4.90 Å². The molecule has 1 fully saturated rings. The van der Waals surface area contributed by atoms with Gasteiger partial charge in [-0.2, -0.15) is 0 Å². The number of nitrogens with one attached hydrogen (secondary N) is 1. The fraction of sp³-hybridized carbons (Fsp3) is 0.438. The highest BCUT2D eigenvalue weighted by Gasteiger charge is 2.29. The Balaban J connectivity index is 1.58. The van der Waals surface area contributed by atoms with Crippen molar-refractivity contribution >= 4 is 33.8 Å². The third kappa shape index (κ3) is 3.53. The molecule has 3 rings (SSSR count). The smallest absolute Gasteiger partial charge is 0.407 e. The zero-order valence-corrected chi connectivity index (χ0v) is 14.6. The molecule has 2 aliphatic heterocycles. The molecular weight excluding hydrogens is 378 g/mol. The van der Waals surface area contributed by atoms with Gasteiger partial charge in [0.1, 0.15) is 0 Å². The highest BCUT2D eigenvalue weighted by atomic mass is 79.9. The Bertz CT molecular complexity index is 694. The van der Waals surface area contributed by atoms with E-state index in [9.17, 15) is 19.5 Å². The van der Waals surface area contributed by atoms with E-state index in [1.54, 1.807) is 11.0 Å². The first-order chi connectivity index (χ1) is 11.4. The van der Waals surface area contributed by atoms with E-state index in [-0.39, 0.29) is 30.9 Å². The molecule has 7 nitrogen and oxygen atoms in total. The minimum atomic E-state index is -1.04. The summed E-state index contributed by atoms with van der Waals surface area (Å²) in [5.74, 6) is -0.113. The number of rotatable bonds is 5. The Kier molecular flexibility index (Phi) is 4.75. The van der Waals surface area contributed by atoms with Crippen LogP contribution in [-0.4, -0.2) is 58.5 Å². The van der Waals surface area contributed by atoms with E-state index in [0.29, 0.717) is 31.5 Å². The van der Waals surface area contributed by atoms with Crippen molar-refractivity contribution in [1.82, 2.24) is 15.1 Å². The van der Waals surface area contributed by atoms with Crippen molar-refractivity contribution in [3.05, 3.63) is 33.8 Å². The number of carbonyl (C=O) groups excluding carboxylic acids is 2. The Labute approximate surface area is 147 Å². The maximum absolute atomic E-state index is 12.4. The molecule has 3 amide bonds. The number of fused-ring (bicyclic) bond motifs is 1. The molecule has 8 heteroatoms. The molecule has 2 N–H and O–H groups in total. The van der Waals surface area contributed by atoms with E-state index >= 15 is 0 Å². The molecule has 24 heavy (non-hydrogen) atoms. The highest BCUT2D eigenvalue weighted by Crippen LogP contribution is 2.25. The fourth-order valence-corrected chi connectivity index (χ4v) is 3.53. The summed E-state index contributed by atoms with van der Waals surface area (Å²) in [6.45, 7) is 1.30. The molecular formula is C16H18BrN3O4. The Morgan fingerprint density at radius 3 is 2.88 bits per heavy atom. The van der Waals surface area contributed by atoms with Crippen LogP contribution in [0.3, 0.4) is 0 Å². The lowest BCUT2D eigenvalue weighted by molar-refractivity contribution is -0.119. The minimum absolute atomic E-state index is 0.0407. The molecule has 0 unspecified atom stereocenters. The van der Waals surface area contributed by atoms with Crippen LogP contribution in [0.5, 0.6) is 0 Å². The van der Waals surface area contributed by atoms with Crippen molar-refractivity contribution in [2.75, 3.05) is 19.6 Å². The van der Waals surface area contributed by atoms with Crippen LogP contribution in [0.4, 0.5) is 4.79 Å². The second-order valence-electron chi connectivity index (χ2n) is 6.06. The summed E-state index contributed by atoms with van der Waals surface area (Å²) in [5, 5.41) is 12.1. The van der Waals surface area contributed by atoms with Crippen LogP contribution in [0, 0.1) is 0 Å². The summed E-state index contributed by atoms with van der Waals surface area (Å²) in [5.41, 5.74) is 1.61. The van der Waals surface area contributed by atoms with Gasteiger partial charge in [0.25, 0.3) is 5.91 Å². The monoisotopic (exact) mass is 395 g/mol. The predicted molar refractivity (Wildman–Crippen MR) is 89.6 cm³/mol. The topological polar surface area (TPSA) is 90.0 Å². The molecule has 1 aromatic rings. The molecule has 0 saturated carbocycles. The zero-order valence-electron chi connectivity index (χ0n) is 13.0. The second-order valence-corrected chi connectivity index (χ2v) is 6.98. The average molecular weight is 396 g/mol. The van der Waals surface area contributed by atoms with Crippen LogP contribution in [0.2, 0.25) is 0 Å². The molecule has 0 aliphatic carbocycles. The third-order valence-corrected chi connectivity index (χ3v) is 4.88. The lowest BCUT2D eigenvalue weighted by atomic mass is 10.1. The van der Waals surface area contributed by atoms with Crippen molar-refractivity contribution in [3.8, 4) is 0 Å². The van der Waals surface area contributed by atoms with Gasteiger partial charge in [0.15, 0.2) is 0 Å². The lowest BCUT2D eigenvalue weighted by Gasteiger charge is -2.25. The van der Waals surface area contributed by atoms with E-state index in [1.807, 2.05) is 12.1 Å². The number of nitrogens with zero attached hydrogens (tertiary/aromatic N) is 2. The van der Waals surface area contributed by atoms with Gasteiger partial charge in [0, 0.05) is 48.7 Å². The summed E-state index contributed by atoms with van der Waals surface area (Å²) in [4.78, 5) is 37.9. The number of benzene rings is 1. The first kappa shape index (κ1) is 16.8. The van der Waals surface area contributed by atoms with Gasteiger partial charge in [-0.1, -0.05) is 15.9 Å². The maximum atomic E-state index is 12.4. The van der Waals surface area contributed by atoms with E-state index in [4.69, 9.17) is 0 Å². The van der Waals surface area contributed by atoms with E-state index < -0.39 is 6.09 Å². The summed E-state index contributed by atoms with van der Waals surface area (Å²) < 4.78 is 0.917. The van der Waals surface area contributed by atoms with Crippen LogP contribution < -0.4 is 5.32 Å². The SMILES string of the molecule is O=C1CC[C@@H](CN(CCN2Cc3cc(Br)ccc3C2=O)C(=O)O)N1. The molecule has 0 spiro atoms. The molecule has 1 saturated heterocycles. The third-order valence-electron chi connectivity index (χ3n) is 4.38. The number of carbonyl (C=O) groups is 3. The van der Waals surface area contributed by atoms with Crippen molar-refractivity contribution in [2.45, 2.75) is 25.4 Å². The molecule has 128 valence electrons. The van der Waals surface area contributed by atoms with Gasteiger partial charge in [-0.25, -0.2) is 4.79 Å². The van der Waals surface area contributed by atoms with E-state index in [0.717, 1.165) is 10.0 Å². The van der Waals surface area contributed by atoms with Gasteiger partial charge in [-0.05, 0) is 30.2 Å². The van der Waals surface area contributed by atoms with Crippen LogP contribution in [0.25, 0.3) is 0 Å². The van der Waals surface area contributed by atoms with Crippen molar-refractivity contribution in [3.63, 3.8) is 0 Å². The molecule has 2 aliphatic rings. The van der Waals surface area contributed by atoms with E-state index in [2.05, 4.69) is 21.2 Å². The maximum Gasteiger partial charge on any atom is 0.407 e. The first-order valence-corrected chi connectivity index (χ1v) is 8.58. The number of hydrogen-bond acceptors (Lipinski definition) is 3. The molecule has 0 radical (unpaired) electrons. The number of halogens is 1. The molecule has 0 bridgehead atoms. The van der Waals surface area contributed by atoms with Crippen LogP contribution >= 0.6 is 15.9 Å². The summed E-state index contributed by atoms with van der Waals surface area (Å²) in [7, 11) is 0. The Hall–Kier alpha value is -2.09. The zero-order chi connectivity index (χ0) is 17.3. The lowest BCUT2D eigenvalue weighted by Crippen LogP contribution is -2.44. The second kappa shape index (κ2) is 6.80. The standard InChI is InChI=1S/C16H18BrN3O4/c17-11-1-3-13-10(7-11)8-19(15(13)22)5-6-20(16(23)24)9-12-2-4-14(21)18-12/h1,3,7,12H,2,4-6,8-9H2,(H,18,21)(H,23,24)/t12-/m0/s1. The molecule has 1 atom stereocenters. The summed E-state index contributed by atoms with van der Waals surface area (Å²) in [6, 6.07) is 5.38. The van der Waals surface area contributed by atoms with Gasteiger partial charge in [-0.15, -0.1) is 0 Å². The average Bonchev–Trinajstić information content (AvgIpc) is 3.07. The molecule has 2 heterocycles. The fourth-order valence-electron chi connectivity index (χ4n) is 3.12. The van der Waals surface area contributed by atoms with Gasteiger partial charge in [0.05, 0.1) is 0 Å². The van der Waals surface area contributed by atoms with Crippen LogP contribution in [0.15, 0.2) is 22.7 Å². The Morgan fingerprint density at radius 1 is 1.42 bits per heavy atom. The normalized spacial score (nSPS) is 19.4.